The molecule has 0 aromatic heterocycles. The van der Waals surface area contributed by atoms with Gasteiger partial charge >= 0.3 is 0 Å². The minimum Gasteiger partial charge on any atom is -0.490 e. The smallest absolute Gasteiger partial charge is 0.255 e. The lowest BCUT2D eigenvalue weighted by atomic mass is 10.1. The van der Waals surface area contributed by atoms with Crippen LogP contribution in [-0.2, 0) is 4.74 Å². The molecule has 2 aromatic carbocycles. The molecule has 0 spiro atoms. The predicted molar refractivity (Wildman–Crippen MR) is 112 cm³/mol. The first-order valence-corrected chi connectivity index (χ1v) is 10.00. The molecule has 2 aromatic rings. The lowest BCUT2D eigenvalue weighted by Crippen LogP contribution is -2.47. The van der Waals surface area contributed by atoms with E-state index < -0.39 is 0 Å². The summed E-state index contributed by atoms with van der Waals surface area (Å²) < 4.78 is 12.5. The molecule has 1 unspecified atom stereocenters. The van der Waals surface area contributed by atoms with E-state index in [1.807, 2.05) is 24.3 Å². The molecule has 0 radical (unpaired) electrons. The highest BCUT2D eigenvalue weighted by molar-refractivity contribution is 14.1. The highest BCUT2D eigenvalue weighted by Crippen LogP contribution is 2.24. The average molecular weight is 500 g/mol. The fourth-order valence-corrected chi connectivity index (χ4v) is 3.69. The number of amides is 1. The molecule has 1 fully saturated rings. The Morgan fingerprint density at radius 2 is 2.04 bits per heavy atom. The Labute approximate surface area is 176 Å². The van der Waals surface area contributed by atoms with Crippen molar-refractivity contribution in [3.05, 3.63) is 62.2 Å². The maximum atomic E-state index is 12.8. The van der Waals surface area contributed by atoms with Crippen molar-refractivity contribution in [1.29, 1.82) is 0 Å². The van der Waals surface area contributed by atoms with Gasteiger partial charge < -0.3 is 14.4 Å². The minimum absolute atomic E-state index is 0.00998. The fraction of sp³-hybridized carbons (Fsp3) is 0.300. The summed E-state index contributed by atoms with van der Waals surface area (Å²) in [7, 11) is 0. The largest absolute Gasteiger partial charge is 0.490 e. The number of nitrogens with zero attached hydrogens (tertiary/aromatic N) is 1. The molecule has 0 bridgehead atoms. The van der Waals surface area contributed by atoms with E-state index in [0.29, 0.717) is 41.6 Å². The van der Waals surface area contributed by atoms with Gasteiger partial charge in [0.2, 0.25) is 0 Å². The first-order chi connectivity index (χ1) is 13.0. The number of morpholine rings is 1. The molecule has 3 rings (SSSR count). The van der Waals surface area contributed by atoms with Gasteiger partial charge in [0.25, 0.3) is 5.91 Å². The second-order valence-corrected chi connectivity index (χ2v) is 7.83. The Morgan fingerprint density at radius 1 is 1.26 bits per heavy atom. The number of ketones is 1. The summed E-state index contributed by atoms with van der Waals surface area (Å²) in [6, 6.07) is 12.5. The maximum absolute atomic E-state index is 12.8. The van der Waals surface area contributed by atoms with Crippen LogP contribution in [0.4, 0.5) is 0 Å². The number of rotatable bonds is 5. The second kappa shape index (κ2) is 9.03. The van der Waals surface area contributed by atoms with Crippen LogP contribution < -0.4 is 4.74 Å². The van der Waals surface area contributed by atoms with Gasteiger partial charge in [-0.05, 0) is 59.8 Å². The van der Waals surface area contributed by atoms with Crippen LogP contribution in [0.2, 0.25) is 5.02 Å². The predicted octanol–water partition coefficient (Wildman–Crippen LogP) is 4.07. The summed E-state index contributed by atoms with van der Waals surface area (Å²) in [5, 5.41) is 0.482. The van der Waals surface area contributed by atoms with Crippen LogP contribution in [0, 0.1) is 3.57 Å². The number of ether oxygens (including phenoxy) is 2. The number of Topliss-reactive ketones (excluding diaryl/α,β-unsaturated/α-hetero) is 1. The van der Waals surface area contributed by atoms with E-state index >= 15 is 0 Å². The van der Waals surface area contributed by atoms with Gasteiger partial charge in [0.05, 0.1) is 24.3 Å². The first kappa shape index (κ1) is 20.1. The third-order valence-corrected chi connectivity index (χ3v) is 5.45. The number of carbonyl (C=O) groups is 2. The zero-order valence-electron chi connectivity index (χ0n) is 14.8. The third-order valence-electron chi connectivity index (χ3n) is 4.28. The zero-order chi connectivity index (χ0) is 19.4. The molecule has 1 saturated heterocycles. The summed E-state index contributed by atoms with van der Waals surface area (Å²) >= 11 is 8.12. The zero-order valence-corrected chi connectivity index (χ0v) is 17.7. The quantitative estimate of drug-likeness (QED) is 0.460. The van der Waals surface area contributed by atoms with E-state index in [-0.39, 0.29) is 24.4 Å². The molecule has 0 aliphatic carbocycles. The number of hydrogen-bond donors (Lipinski definition) is 0. The number of benzene rings is 2. The van der Waals surface area contributed by atoms with Gasteiger partial charge in [-0.15, -0.1) is 0 Å². The monoisotopic (exact) mass is 499 g/mol. The Kier molecular flexibility index (Phi) is 6.73. The molecule has 1 heterocycles. The van der Waals surface area contributed by atoms with Crippen LogP contribution in [0.3, 0.4) is 0 Å². The molecule has 27 heavy (non-hydrogen) atoms. The second-order valence-electron chi connectivity index (χ2n) is 6.23. The van der Waals surface area contributed by atoms with E-state index in [9.17, 15) is 9.59 Å². The molecule has 1 aliphatic heterocycles. The number of carbonyl (C=O) groups excluding carboxylic acids is 2. The molecule has 1 atom stereocenters. The molecular formula is C20H19ClINO4. The fourth-order valence-electron chi connectivity index (χ4n) is 2.90. The van der Waals surface area contributed by atoms with Crippen molar-refractivity contribution in [2.45, 2.75) is 13.0 Å². The topological polar surface area (TPSA) is 55.8 Å². The van der Waals surface area contributed by atoms with Crippen molar-refractivity contribution in [2.75, 3.05) is 26.3 Å². The van der Waals surface area contributed by atoms with Gasteiger partial charge in [0, 0.05) is 15.1 Å². The molecule has 1 aliphatic rings. The van der Waals surface area contributed by atoms with Gasteiger partial charge in [-0.1, -0.05) is 23.7 Å². The van der Waals surface area contributed by atoms with E-state index in [2.05, 4.69) is 22.6 Å². The molecule has 142 valence electrons. The van der Waals surface area contributed by atoms with Crippen LogP contribution in [0.25, 0.3) is 0 Å². The summed E-state index contributed by atoms with van der Waals surface area (Å²) in [4.78, 5) is 26.3. The summed E-state index contributed by atoms with van der Waals surface area (Å²) in [5.41, 5.74) is 1.13. The number of hydrogen-bond acceptors (Lipinski definition) is 4. The van der Waals surface area contributed by atoms with Crippen molar-refractivity contribution in [3.63, 3.8) is 0 Å². The van der Waals surface area contributed by atoms with Gasteiger partial charge in [-0.25, -0.2) is 0 Å². The minimum atomic E-state index is -0.264. The molecule has 1 amide bonds. The van der Waals surface area contributed by atoms with Crippen LogP contribution in [0.15, 0.2) is 42.5 Å². The molecular weight excluding hydrogens is 481 g/mol. The standard InChI is InChI=1S/C20H19ClINO4/c1-13(24)17-10-14(21)6-7-19(17)27-12-15-11-23(8-9-26-15)20(25)16-4-2-3-5-18(16)22/h2-7,10,15H,8-9,11-12H2,1H3. The van der Waals surface area contributed by atoms with Crippen molar-refractivity contribution in [3.8, 4) is 5.75 Å². The molecule has 7 heteroatoms. The Hall–Kier alpha value is -1.64. The average Bonchev–Trinajstić information content (AvgIpc) is 2.67. The van der Waals surface area contributed by atoms with Gasteiger partial charge in [0.1, 0.15) is 18.5 Å². The lowest BCUT2D eigenvalue weighted by molar-refractivity contribution is -0.0402. The first-order valence-electron chi connectivity index (χ1n) is 8.54. The highest BCUT2D eigenvalue weighted by Gasteiger charge is 2.26. The molecule has 0 saturated carbocycles. The van der Waals surface area contributed by atoms with E-state index in [0.717, 1.165) is 3.57 Å². The summed E-state index contributed by atoms with van der Waals surface area (Å²) in [5.74, 6) is 0.341. The highest BCUT2D eigenvalue weighted by atomic mass is 127. The third kappa shape index (κ3) is 5.00. The Morgan fingerprint density at radius 3 is 2.78 bits per heavy atom. The summed E-state index contributed by atoms with van der Waals surface area (Å²) in [6.07, 6.45) is -0.264. The van der Waals surface area contributed by atoms with Gasteiger partial charge in [0.15, 0.2) is 5.78 Å². The van der Waals surface area contributed by atoms with E-state index in [1.54, 1.807) is 23.1 Å². The van der Waals surface area contributed by atoms with E-state index in [4.69, 9.17) is 21.1 Å². The SMILES string of the molecule is CC(=O)c1cc(Cl)ccc1OCC1CN(C(=O)c2ccccc2I)CCO1. The van der Waals surface area contributed by atoms with Crippen molar-refractivity contribution < 1.29 is 19.1 Å². The summed E-state index contributed by atoms with van der Waals surface area (Å²) in [6.45, 7) is 3.14. The Balaban J connectivity index is 1.65. The van der Waals surface area contributed by atoms with Crippen LogP contribution in [-0.4, -0.2) is 49.0 Å². The lowest BCUT2D eigenvalue weighted by Gasteiger charge is -2.33. The number of halogens is 2. The van der Waals surface area contributed by atoms with Crippen LogP contribution >= 0.6 is 34.2 Å². The maximum Gasteiger partial charge on any atom is 0.255 e. The van der Waals surface area contributed by atoms with Crippen LogP contribution in [0.5, 0.6) is 5.75 Å². The van der Waals surface area contributed by atoms with Crippen LogP contribution in [0.1, 0.15) is 27.6 Å². The van der Waals surface area contributed by atoms with Crippen molar-refractivity contribution >= 4 is 45.9 Å². The van der Waals surface area contributed by atoms with Gasteiger partial charge in [-0.3, -0.25) is 9.59 Å². The van der Waals surface area contributed by atoms with Crippen molar-refractivity contribution in [2.24, 2.45) is 0 Å². The normalized spacial score (nSPS) is 16.9. The van der Waals surface area contributed by atoms with Crippen molar-refractivity contribution in [1.82, 2.24) is 4.90 Å². The van der Waals surface area contributed by atoms with Gasteiger partial charge in [-0.2, -0.15) is 0 Å². The molecule has 0 N–H and O–H groups in total. The Bertz CT molecular complexity index is 858. The van der Waals surface area contributed by atoms with E-state index in [1.165, 1.54) is 6.92 Å². The molecule has 5 nitrogen and oxygen atoms in total.